The fourth-order valence-corrected chi connectivity index (χ4v) is 2.32. The van der Waals surface area contributed by atoms with Gasteiger partial charge in [-0.15, -0.1) is 0 Å². The van der Waals surface area contributed by atoms with Gasteiger partial charge in [0.1, 0.15) is 6.04 Å². The third-order valence-corrected chi connectivity index (χ3v) is 3.19. The van der Waals surface area contributed by atoms with Gasteiger partial charge in [0, 0.05) is 17.5 Å². The summed E-state index contributed by atoms with van der Waals surface area (Å²) in [5.41, 5.74) is 1.40. The van der Waals surface area contributed by atoms with E-state index in [1.165, 1.54) is 11.8 Å². The molecule has 21 heavy (non-hydrogen) atoms. The minimum absolute atomic E-state index is 0.225. The highest BCUT2D eigenvalue weighted by Gasteiger charge is 2.28. The van der Waals surface area contributed by atoms with E-state index in [9.17, 15) is 14.9 Å². The molecule has 0 aliphatic heterocycles. The highest BCUT2D eigenvalue weighted by molar-refractivity contribution is 5.92. The summed E-state index contributed by atoms with van der Waals surface area (Å²) in [6.45, 7) is 1.08. The Bertz CT molecular complexity index is 614. The van der Waals surface area contributed by atoms with Gasteiger partial charge in [-0.25, -0.2) is 0 Å². The molecule has 1 amide bonds. The molecular formula is C16H16N2O3. The van der Waals surface area contributed by atoms with Gasteiger partial charge in [0.25, 0.3) is 0 Å². The van der Waals surface area contributed by atoms with Crippen molar-refractivity contribution in [2.75, 3.05) is 11.4 Å². The van der Waals surface area contributed by atoms with Crippen molar-refractivity contribution in [1.82, 2.24) is 0 Å². The molecule has 0 bridgehead atoms. The number of anilines is 1. The van der Waals surface area contributed by atoms with Crippen molar-refractivity contribution in [1.29, 1.82) is 0 Å². The van der Waals surface area contributed by atoms with Gasteiger partial charge in [-0.2, -0.15) is 0 Å². The van der Waals surface area contributed by atoms with Gasteiger partial charge in [-0.05, 0) is 17.7 Å². The van der Waals surface area contributed by atoms with Crippen molar-refractivity contribution in [3.63, 3.8) is 0 Å². The van der Waals surface area contributed by atoms with Crippen LogP contribution in [0.1, 0.15) is 18.5 Å². The largest absolute Gasteiger partial charge is 0.299 e. The highest BCUT2D eigenvalue weighted by Crippen LogP contribution is 2.27. The molecule has 2 aromatic rings. The summed E-state index contributed by atoms with van der Waals surface area (Å²) in [6, 6.07) is 17.4. The van der Waals surface area contributed by atoms with E-state index in [1.807, 2.05) is 24.3 Å². The second-order valence-electron chi connectivity index (χ2n) is 4.67. The molecular weight excluding hydrogens is 268 g/mol. The van der Waals surface area contributed by atoms with Crippen molar-refractivity contribution >= 4 is 11.6 Å². The van der Waals surface area contributed by atoms with Crippen molar-refractivity contribution in [2.24, 2.45) is 0 Å². The molecule has 0 N–H and O–H groups in total. The summed E-state index contributed by atoms with van der Waals surface area (Å²) < 4.78 is 0. The van der Waals surface area contributed by atoms with E-state index in [0.29, 0.717) is 5.69 Å². The maximum absolute atomic E-state index is 12.0. The summed E-state index contributed by atoms with van der Waals surface area (Å²) in [4.78, 5) is 24.1. The molecule has 0 saturated carbocycles. The fraction of sp³-hybridized carbons (Fsp3) is 0.188. The number of benzene rings is 2. The van der Waals surface area contributed by atoms with Crippen LogP contribution < -0.4 is 4.90 Å². The summed E-state index contributed by atoms with van der Waals surface area (Å²) in [5, 5.41) is 11.0. The molecule has 1 atom stereocenters. The van der Waals surface area contributed by atoms with Crippen LogP contribution in [0.25, 0.3) is 0 Å². The van der Waals surface area contributed by atoms with Crippen LogP contribution in [0.2, 0.25) is 0 Å². The van der Waals surface area contributed by atoms with E-state index in [4.69, 9.17) is 0 Å². The van der Waals surface area contributed by atoms with Crippen LogP contribution >= 0.6 is 0 Å². The lowest BCUT2D eigenvalue weighted by Crippen LogP contribution is -2.37. The van der Waals surface area contributed by atoms with Crippen LogP contribution in [-0.2, 0) is 4.79 Å². The van der Waals surface area contributed by atoms with E-state index < -0.39 is 11.0 Å². The van der Waals surface area contributed by atoms with Gasteiger partial charge < -0.3 is 0 Å². The molecule has 0 aliphatic rings. The molecule has 0 radical (unpaired) electrons. The molecule has 2 aromatic carbocycles. The third kappa shape index (κ3) is 3.66. The molecule has 0 aliphatic carbocycles. The topological polar surface area (TPSA) is 63.5 Å². The number of amides is 1. The Hall–Kier alpha value is -2.69. The summed E-state index contributed by atoms with van der Waals surface area (Å²) in [6.07, 6.45) is 0. The third-order valence-electron chi connectivity index (χ3n) is 3.19. The number of rotatable bonds is 5. The van der Waals surface area contributed by atoms with Crippen LogP contribution in [0.3, 0.4) is 0 Å². The van der Waals surface area contributed by atoms with Crippen molar-refractivity contribution in [3.8, 4) is 0 Å². The van der Waals surface area contributed by atoms with Crippen LogP contribution in [0, 0.1) is 10.1 Å². The number of nitrogens with zero attached hydrogens (tertiary/aromatic N) is 2. The standard InChI is InChI=1S/C16H16N2O3/c1-13(19)18(15-10-6-3-7-11-15)16(12-17(20)21)14-8-4-2-5-9-14/h2-11,16H,12H2,1H3. The number of para-hydroxylation sites is 1. The van der Waals surface area contributed by atoms with Crippen LogP contribution in [-0.4, -0.2) is 17.4 Å². The zero-order chi connectivity index (χ0) is 15.2. The van der Waals surface area contributed by atoms with Gasteiger partial charge in [0.15, 0.2) is 0 Å². The summed E-state index contributed by atoms with van der Waals surface area (Å²) in [5.74, 6) is -0.225. The Morgan fingerprint density at radius 2 is 1.62 bits per heavy atom. The maximum Gasteiger partial charge on any atom is 0.228 e. The van der Waals surface area contributed by atoms with E-state index in [1.54, 1.807) is 36.4 Å². The lowest BCUT2D eigenvalue weighted by molar-refractivity contribution is -0.483. The average Bonchev–Trinajstić information content (AvgIpc) is 2.48. The molecule has 5 nitrogen and oxygen atoms in total. The number of nitro groups is 1. The quantitative estimate of drug-likeness (QED) is 0.626. The second kappa shape index (κ2) is 6.65. The van der Waals surface area contributed by atoms with Gasteiger partial charge in [-0.1, -0.05) is 48.5 Å². The average molecular weight is 284 g/mol. The maximum atomic E-state index is 12.0. The van der Waals surface area contributed by atoms with Crippen molar-refractivity contribution < 1.29 is 9.72 Å². The van der Waals surface area contributed by atoms with Crippen molar-refractivity contribution in [3.05, 3.63) is 76.3 Å². The lowest BCUT2D eigenvalue weighted by Gasteiger charge is -2.28. The predicted molar refractivity (Wildman–Crippen MR) is 80.6 cm³/mol. The lowest BCUT2D eigenvalue weighted by atomic mass is 10.0. The smallest absolute Gasteiger partial charge is 0.228 e. The first-order valence-corrected chi connectivity index (χ1v) is 6.61. The molecule has 0 spiro atoms. The van der Waals surface area contributed by atoms with Crippen LogP contribution in [0.5, 0.6) is 0 Å². The van der Waals surface area contributed by atoms with E-state index in [2.05, 4.69) is 0 Å². The zero-order valence-electron chi connectivity index (χ0n) is 11.7. The molecule has 1 unspecified atom stereocenters. The molecule has 0 heterocycles. The molecule has 0 fully saturated rings. The fourth-order valence-electron chi connectivity index (χ4n) is 2.32. The summed E-state index contributed by atoms with van der Waals surface area (Å²) in [7, 11) is 0. The molecule has 2 rings (SSSR count). The Labute approximate surface area is 123 Å². The first kappa shape index (κ1) is 14.7. The molecule has 0 saturated heterocycles. The Morgan fingerprint density at radius 3 is 2.10 bits per heavy atom. The Balaban J connectivity index is 2.46. The minimum Gasteiger partial charge on any atom is -0.299 e. The first-order valence-electron chi connectivity index (χ1n) is 6.61. The first-order chi connectivity index (χ1) is 10.1. The van der Waals surface area contributed by atoms with Gasteiger partial charge >= 0.3 is 0 Å². The molecule has 108 valence electrons. The molecule has 0 aromatic heterocycles. The monoisotopic (exact) mass is 284 g/mol. The Morgan fingerprint density at radius 1 is 1.10 bits per heavy atom. The van der Waals surface area contributed by atoms with Crippen LogP contribution in [0.15, 0.2) is 60.7 Å². The second-order valence-corrected chi connectivity index (χ2v) is 4.67. The number of carbonyl (C=O) groups is 1. The predicted octanol–water partition coefficient (Wildman–Crippen LogP) is 3.06. The van der Waals surface area contributed by atoms with Gasteiger partial charge in [0.05, 0.1) is 0 Å². The van der Waals surface area contributed by atoms with Crippen LogP contribution in [0.4, 0.5) is 5.69 Å². The molecule has 5 heteroatoms. The SMILES string of the molecule is CC(=O)N(c1ccccc1)C(C[N+](=O)[O-])c1ccccc1. The zero-order valence-corrected chi connectivity index (χ0v) is 11.7. The normalized spacial score (nSPS) is 11.7. The minimum atomic E-state index is -0.624. The van der Waals surface area contributed by atoms with E-state index in [-0.39, 0.29) is 12.5 Å². The number of carbonyl (C=O) groups excluding carboxylic acids is 1. The number of hydrogen-bond acceptors (Lipinski definition) is 3. The van der Waals surface area contributed by atoms with Crippen molar-refractivity contribution in [2.45, 2.75) is 13.0 Å². The van der Waals surface area contributed by atoms with E-state index in [0.717, 1.165) is 5.56 Å². The summed E-state index contributed by atoms with van der Waals surface area (Å²) >= 11 is 0. The van der Waals surface area contributed by atoms with Gasteiger partial charge in [-0.3, -0.25) is 19.8 Å². The highest BCUT2D eigenvalue weighted by atomic mass is 16.6. The van der Waals surface area contributed by atoms with E-state index >= 15 is 0 Å². The van der Waals surface area contributed by atoms with Gasteiger partial charge in [0.2, 0.25) is 12.5 Å². The number of hydrogen-bond donors (Lipinski definition) is 0. The Kier molecular flexibility index (Phi) is 4.66.